The Balaban J connectivity index is 1.99. The number of rotatable bonds is 5. The summed E-state index contributed by atoms with van der Waals surface area (Å²) < 4.78 is 6.80. The lowest BCUT2D eigenvalue weighted by Gasteiger charge is -2.06. The Kier molecular flexibility index (Phi) is 3.84. The SMILES string of the molecule is N#Cc1ccc2nc(CCCl)n(CCc3ncon3)c2c1. The number of fused-ring (bicyclic) bond motifs is 1. The van der Waals surface area contributed by atoms with Gasteiger partial charge in [0.25, 0.3) is 0 Å². The van der Waals surface area contributed by atoms with Crippen LogP contribution in [0.4, 0.5) is 0 Å². The lowest BCUT2D eigenvalue weighted by atomic mass is 10.2. The molecule has 0 saturated carbocycles. The zero-order valence-corrected chi connectivity index (χ0v) is 11.9. The number of nitrogens with zero attached hydrogens (tertiary/aromatic N) is 5. The highest BCUT2D eigenvalue weighted by Crippen LogP contribution is 2.19. The average molecular weight is 302 g/mol. The monoisotopic (exact) mass is 301 g/mol. The zero-order chi connectivity index (χ0) is 14.7. The molecular formula is C14H12ClN5O. The van der Waals surface area contributed by atoms with Gasteiger partial charge in [0.2, 0.25) is 6.39 Å². The van der Waals surface area contributed by atoms with Crippen molar-refractivity contribution in [3.05, 3.63) is 41.8 Å². The molecule has 2 aromatic heterocycles. The maximum atomic E-state index is 9.05. The van der Waals surface area contributed by atoms with E-state index in [0.29, 0.717) is 36.7 Å². The molecule has 0 unspecified atom stereocenters. The molecule has 0 fully saturated rings. The number of aromatic nitrogens is 4. The van der Waals surface area contributed by atoms with Crippen molar-refractivity contribution in [1.82, 2.24) is 19.7 Å². The maximum Gasteiger partial charge on any atom is 0.213 e. The van der Waals surface area contributed by atoms with Gasteiger partial charge in [-0.2, -0.15) is 10.2 Å². The van der Waals surface area contributed by atoms with Gasteiger partial charge in [0.15, 0.2) is 5.82 Å². The molecule has 0 amide bonds. The molecule has 0 spiro atoms. The molecule has 0 saturated heterocycles. The Hall–Kier alpha value is -2.39. The fourth-order valence-electron chi connectivity index (χ4n) is 2.28. The van der Waals surface area contributed by atoms with Crippen molar-refractivity contribution < 1.29 is 4.52 Å². The van der Waals surface area contributed by atoms with E-state index in [1.54, 1.807) is 6.07 Å². The highest BCUT2D eigenvalue weighted by molar-refractivity contribution is 6.17. The molecule has 0 aliphatic rings. The maximum absolute atomic E-state index is 9.05. The minimum atomic E-state index is 0.497. The van der Waals surface area contributed by atoms with Gasteiger partial charge in [-0.15, -0.1) is 11.6 Å². The van der Waals surface area contributed by atoms with Gasteiger partial charge in [-0.05, 0) is 18.2 Å². The first-order chi connectivity index (χ1) is 10.3. The van der Waals surface area contributed by atoms with Crippen molar-refractivity contribution in [2.45, 2.75) is 19.4 Å². The van der Waals surface area contributed by atoms with Crippen LogP contribution >= 0.6 is 11.6 Å². The molecule has 21 heavy (non-hydrogen) atoms. The van der Waals surface area contributed by atoms with E-state index in [1.807, 2.05) is 12.1 Å². The van der Waals surface area contributed by atoms with E-state index in [-0.39, 0.29) is 0 Å². The summed E-state index contributed by atoms with van der Waals surface area (Å²) in [4.78, 5) is 8.60. The minimum absolute atomic E-state index is 0.497. The minimum Gasteiger partial charge on any atom is -0.343 e. The molecule has 106 valence electrons. The number of benzene rings is 1. The Morgan fingerprint density at radius 2 is 2.24 bits per heavy atom. The quantitative estimate of drug-likeness (QED) is 0.676. The van der Waals surface area contributed by atoms with Gasteiger partial charge in [0, 0.05) is 25.3 Å². The molecule has 0 atom stereocenters. The molecule has 0 aliphatic heterocycles. The second kappa shape index (κ2) is 5.94. The standard InChI is InChI=1S/C14H12ClN5O/c15-5-3-14-18-11-2-1-10(8-16)7-12(11)20(14)6-4-13-17-9-21-19-13/h1-2,7,9H,3-6H2. The molecule has 2 heterocycles. The molecule has 1 aromatic carbocycles. The van der Waals surface area contributed by atoms with Gasteiger partial charge >= 0.3 is 0 Å². The van der Waals surface area contributed by atoms with E-state index >= 15 is 0 Å². The number of halogens is 1. The van der Waals surface area contributed by atoms with Crippen molar-refractivity contribution in [3.8, 4) is 6.07 Å². The van der Waals surface area contributed by atoms with Crippen molar-refractivity contribution in [1.29, 1.82) is 5.26 Å². The number of imidazole rings is 1. The van der Waals surface area contributed by atoms with E-state index in [2.05, 4.69) is 25.8 Å². The lowest BCUT2D eigenvalue weighted by Crippen LogP contribution is -2.07. The van der Waals surface area contributed by atoms with Gasteiger partial charge < -0.3 is 9.09 Å². The number of aryl methyl sites for hydroxylation is 3. The molecule has 0 aliphatic carbocycles. The molecule has 0 N–H and O–H groups in total. The lowest BCUT2D eigenvalue weighted by molar-refractivity contribution is 0.408. The van der Waals surface area contributed by atoms with Crippen molar-refractivity contribution in [2.24, 2.45) is 0 Å². The molecule has 7 heteroatoms. The summed E-state index contributed by atoms with van der Waals surface area (Å²) in [5.74, 6) is 2.04. The number of nitriles is 1. The van der Waals surface area contributed by atoms with Crippen molar-refractivity contribution in [2.75, 3.05) is 5.88 Å². The van der Waals surface area contributed by atoms with Crippen LogP contribution in [0.5, 0.6) is 0 Å². The largest absolute Gasteiger partial charge is 0.343 e. The van der Waals surface area contributed by atoms with Crippen LogP contribution in [0.25, 0.3) is 11.0 Å². The van der Waals surface area contributed by atoms with Crippen LogP contribution < -0.4 is 0 Å². The Bertz CT molecular complexity index is 788. The van der Waals surface area contributed by atoms with Crippen LogP contribution in [-0.4, -0.2) is 25.6 Å². The molecule has 6 nitrogen and oxygen atoms in total. The van der Waals surface area contributed by atoms with E-state index in [0.717, 1.165) is 16.9 Å². The topological polar surface area (TPSA) is 80.5 Å². The Labute approximate surface area is 126 Å². The summed E-state index contributed by atoms with van der Waals surface area (Å²) >= 11 is 5.85. The fraction of sp³-hybridized carbons (Fsp3) is 0.286. The van der Waals surface area contributed by atoms with Crippen LogP contribution in [0.3, 0.4) is 0 Å². The summed E-state index contributed by atoms with van der Waals surface area (Å²) in [5, 5.41) is 12.9. The first-order valence-corrected chi connectivity index (χ1v) is 7.05. The molecule has 0 bridgehead atoms. The predicted octanol–water partition coefficient (Wildman–Crippen LogP) is 2.31. The third-order valence-corrected chi connectivity index (χ3v) is 3.43. The normalized spacial score (nSPS) is 10.9. The van der Waals surface area contributed by atoms with E-state index < -0.39 is 0 Å². The molecule has 0 radical (unpaired) electrons. The van der Waals surface area contributed by atoms with Crippen LogP contribution in [-0.2, 0) is 19.4 Å². The van der Waals surface area contributed by atoms with Crippen molar-refractivity contribution >= 4 is 22.6 Å². The van der Waals surface area contributed by atoms with E-state index in [1.165, 1.54) is 6.39 Å². The van der Waals surface area contributed by atoms with Gasteiger partial charge in [0.1, 0.15) is 5.82 Å². The number of hydrogen-bond donors (Lipinski definition) is 0. The summed E-state index contributed by atoms with van der Waals surface area (Å²) in [7, 11) is 0. The van der Waals surface area contributed by atoms with Gasteiger partial charge in [-0.3, -0.25) is 0 Å². The van der Waals surface area contributed by atoms with E-state index in [4.69, 9.17) is 21.4 Å². The summed E-state index contributed by atoms with van der Waals surface area (Å²) in [5.41, 5.74) is 2.40. The second-order valence-corrected chi connectivity index (χ2v) is 4.91. The Morgan fingerprint density at radius 1 is 1.33 bits per heavy atom. The highest BCUT2D eigenvalue weighted by Gasteiger charge is 2.12. The third kappa shape index (κ3) is 2.73. The molecule has 3 rings (SSSR count). The first kappa shape index (κ1) is 13.6. The fourth-order valence-corrected chi connectivity index (χ4v) is 2.45. The van der Waals surface area contributed by atoms with E-state index in [9.17, 15) is 0 Å². The summed E-state index contributed by atoms with van der Waals surface area (Å²) in [6, 6.07) is 7.62. The zero-order valence-electron chi connectivity index (χ0n) is 11.2. The van der Waals surface area contributed by atoms with Crippen molar-refractivity contribution in [3.63, 3.8) is 0 Å². The van der Waals surface area contributed by atoms with Crippen LogP contribution in [0.2, 0.25) is 0 Å². The Morgan fingerprint density at radius 3 is 2.95 bits per heavy atom. The molecular weight excluding hydrogens is 290 g/mol. The predicted molar refractivity (Wildman–Crippen MR) is 76.9 cm³/mol. The molecule has 3 aromatic rings. The van der Waals surface area contributed by atoms with Gasteiger partial charge in [-0.25, -0.2) is 4.98 Å². The van der Waals surface area contributed by atoms with Gasteiger partial charge in [-0.1, -0.05) is 5.16 Å². The summed E-state index contributed by atoms with van der Waals surface area (Å²) in [6.07, 6.45) is 2.62. The average Bonchev–Trinajstić information content (AvgIpc) is 3.12. The number of hydrogen-bond acceptors (Lipinski definition) is 5. The highest BCUT2D eigenvalue weighted by atomic mass is 35.5. The third-order valence-electron chi connectivity index (χ3n) is 3.24. The number of alkyl halides is 1. The van der Waals surface area contributed by atoms with Crippen LogP contribution in [0.15, 0.2) is 29.1 Å². The van der Waals surface area contributed by atoms with Crippen LogP contribution in [0, 0.1) is 11.3 Å². The first-order valence-electron chi connectivity index (χ1n) is 6.52. The van der Waals surface area contributed by atoms with Crippen LogP contribution in [0.1, 0.15) is 17.2 Å². The van der Waals surface area contributed by atoms with Gasteiger partial charge in [0.05, 0.1) is 22.7 Å². The summed E-state index contributed by atoms with van der Waals surface area (Å²) in [6.45, 7) is 0.664. The second-order valence-electron chi connectivity index (χ2n) is 4.53. The smallest absolute Gasteiger partial charge is 0.213 e.